The number of amides is 1. The molecule has 0 bridgehead atoms. The minimum Gasteiger partial charge on any atom is -0.387 e. The fourth-order valence-corrected chi connectivity index (χ4v) is 3.22. The average molecular weight is 345 g/mol. The van der Waals surface area contributed by atoms with Crippen LogP contribution in [-0.4, -0.2) is 85.2 Å². The Hall–Kier alpha value is -1.69. The molecule has 5 nitrogen and oxygen atoms in total. The highest BCUT2D eigenvalue weighted by Gasteiger charge is 2.35. The highest BCUT2D eigenvalue weighted by atomic mass is 16.3. The number of piperidine rings is 1. The minimum atomic E-state index is -0.824. The molecule has 0 aliphatic carbocycles. The van der Waals surface area contributed by atoms with Crippen LogP contribution in [0.3, 0.4) is 0 Å². The summed E-state index contributed by atoms with van der Waals surface area (Å²) < 4.78 is 0. The van der Waals surface area contributed by atoms with Gasteiger partial charge in [0.1, 0.15) is 0 Å². The standard InChI is InChI=1S/C20H31N3O2/c1-21(2)14-15-22(3)16-20(25)12-7-13-23(17-20)19(24)11-10-18-8-5-4-6-9-18/h4-6,8-11,25H,7,12-17H2,1-3H3. The van der Waals surface area contributed by atoms with Crippen molar-refractivity contribution in [3.63, 3.8) is 0 Å². The monoisotopic (exact) mass is 345 g/mol. The number of carbonyl (C=O) groups excluding carboxylic acids is 1. The smallest absolute Gasteiger partial charge is 0.246 e. The number of aliphatic hydroxyl groups is 1. The van der Waals surface area contributed by atoms with E-state index in [-0.39, 0.29) is 5.91 Å². The van der Waals surface area contributed by atoms with Gasteiger partial charge in [0.25, 0.3) is 0 Å². The van der Waals surface area contributed by atoms with Crippen LogP contribution in [0.25, 0.3) is 6.08 Å². The van der Waals surface area contributed by atoms with Crippen molar-refractivity contribution in [1.82, 2.24) is 14.7 Å². The molecule has 0 spiro atoms. The lowest BCUT2D eigenvalue weighted by Crippen LogP contribution is -2.55. The average Bonchev–Trinajstić information content (AvgIpc) is 2.58. The second-order valence-corrected chi connectivity index (χ2v) is 7.37. The van der Waals surface area contributed by atoms with E-state index in [9.17, 15) is 9.90 Å². The summed E-state index contributed by atoms with van der Waals surface area (Å²) in [5, 5.41) is 10.9. The van der Waals surface area contributed by atoms with Gasteiger partial charge >= 0.3 is 0 Å². The topological polar surface area (TPSA) is 47.0 Å². The molecule has 0 aromatic heterocycles. The van der Waals surface area contributed by atoms with Gasteiger partial charge in [-0.2, -0.15) is 0 Å². The Morgan fingerprint density at radius 1 is 1.24 bits per heavy atom. The van der Waals surface area contributed by atoms with E-state index >= 15 is 0 Å². The predicted molar refractivity (Wildman–Crippen MR) is 102 cm³/mol. The zero-order chi connectivity index (χ0) is 18.3. The van der Waals surface area contributed by atoms with Crippen LogP contribution >= 0.6 is 0 Å². The third-order valence-corrected chi connectivity index (χ3v) is 4.58. The molecule has 0 saturated carbocycles. The quantitative estimate of drug-likeness (QED) is 0.762. The number of β-amino-alcohol motifs (C(OH)–C–C–N with tert-alkyl or cyclic N) is 1. The summed E-state index contributed by atoms with van der Waals surface area (Å²) in [6, 6.07) is 9.80. The number of carbonyl (C=O) groups is 1. The molecule has 1 amide bonds. The summed E-state index contributed by atoms with van der Waals surface area (Å²) in [5.74, 6) is -0.0297. The first-order valence-corrected chi connectivity index (χ1v) is 8.96. The van der Waals surface area contributed by atoms with Gasteiger partial charge in [-0.05, 0) is 45.6 Å². The molecule has 1 atom stereocenters. The largest absolute Gasteiger partial charge is 0.387 e. The summed E-state index contributed by atoms with van der Waals surface area (Å²) in [5.41, 5.74) is 0.182. The van der Waals surface area contributed by atoms with Crippen LogP contribution in [0.5, 0.6) is 0 Å². The summed E-state index contributed by atoms with van der Waals surface area (Å²) in [6.45, 7) is 3.55. The summed E-state index contributed by atoms with van der Waals surface area (Å²) in [4.78, 5) is 18.5. The molecule has 1 aliphatic rings. The molecule has 1 aromatic carbocycles. The Morgan fingerprint density at radius 2 is 1.96 bits per heavy atom. The lowest BCUT2D eigenvalue weighted by Gasteiger charge is -2.41. The van der Waals surface area contributed by atoms with Crippen LogP contribution in [0.4, 0.5) is 0 Å². The van der Waals surface area contributed by atoms with Gasteiger partial charge in [0.15, 0.2) is 0 Å². The molecule has 5 heteroatoms. The Labute approximate surface area is 151 Å². The molecule has 1 fully saturated rings. The van der Waals surface area contributed by atoms with Crippen LogP contribution in [0.2, 0.25) is 0 Å². The zero-order valence-electron chi connectivity index (χ0n) is 15.7. The van der Waals surface area contributed by atoms with E-state index in [1.165, 1.54) is 0 Å². The molecule has 1 N–H and O–H groups in total. The van der Waals surface area contributed by atoms with Crippen LogP contribution in [-0.2, 0) is 4.79 Å². The highest BCUT2D eigenvalue weighted by Crippen LogP contribution is 2.22. The third kappa shape index (κ3) is 6.61. The first-order chi connectivity index (χ1) is 11.9. The maximum Gasteiger partial charge on any atom is 0.246 e. The van der Waals surface area contributed by atoms with E-state index < -0.39 is 5.60 Å². The molecule has 1 heterocycles. The Morgan fingerprint density at radius 3 is 2.64 bits per heavy atom. The molecule has 1 saturated heterocycles. The summed E-state index contributed by atoms with van der Waals surface area (Å²) in [7, 11) is 6.11. The number of nitrogens with zero attached hydrogens (tertiary/aromatic N) is 3. The Bertz CT molecular complexity index is 574. The molecule has 1 aliphatic heterocycles. The number of hydrogen-bond acceptors (Lipinski definition) is 4. The van der Waals surface area contributed by atoms with Crippen LogP contribution in [0.1, 0.15) is 18.4 Å². The second kappa shape index (κ2) is 9.13. The van der Waals surface area contributed by atoms with Gasteiger partial charge in [0, 0.05) is 32.3 Å². The van der Waals surface area contributed by atoms with Gasteiger partial charge in [-0.15, -0.1) is 0 Å². The molecular weight excluding hydrogens is 314 g/mol. The second-order valence-electron chi connectivity index (χ2n) is 7.37. The number of likely N-dealkylation sites (N-methyl/N-ethyl adjacent to an activating group) is 2. The first-order valence-electron chi connectivity index (χ1n) is 8.96. The fourth-order valence-electron chi connectivity index (χ4n) is 3.22. The maximum absolute atomic E-state index is 12.5. The predicted octanol–water partition coefficient (Wildman–Crippen LogP) is 1.55. The van der Waals surface area contributed by atoms with Gasteiger partial charge in [-0.3, -0.25) is 4.79 Å². The fraction of sp³-hybridized carbons (Fsp3) is 0.550. The number of rotatable bonds is 7. The van der Waals surface area contributed by atoms with Crippen molar-refractivity contribution in [3.8, 4) is 0 Å². The lowest BCUT2D eigenvalue weighted by atomic mass is 9.92. The summed E-state index contributed by atoms with van der Waals surface area (Å²) in [6.07, 6.45) is 5.02. The van der Waals surface area contributed by atoms with Crippen molar-refractivity contribution in [3.05, 3.63) is 42.0 Å². The van der Waals surface area contributed by atoms with E-state index in [0.717, 1.165) is 31.5 Å². The first kappa shape index (κ1) is 19.6. The molecule has 1 aromatic rings. The zero-order valence-corrected chi connectivity index (χ0v) is 15.7. The number of likely N-dealkylation sites (tertiary alicyclic amines) is 1. The molecule has 2 rings (SSSR count). The SMILES string of the molecule is CN(C)CCN(C)CC1(O)CCCN(C(=O)C=Cc2ccccc2)C1. The van der Waals surface area contributed by atoms with Gasteiger partial charge in [-0.25, -0.2) is 0 Å². The number of benzene rings is 1. The van der Waals surface area contributed by atoms with Crippen molar-refractivity contribution < 1.29 is 9.90 Å². The van der Waals surface area contributed by atoms with Gasteiger partial charge < -0.3 is 19.8 Å². The van der Waals surface area contributed by atoms with E-state index in [2.05, 4.69) is 9.80 Å². The Kier molecular flexibility index (Phi) is 7.17. The van der Waals surface area contributed by atoms with Gasteiger partial charge in [0.05, 0.1) is 12.1 Å². The van der Waals surface area contributed by atoms with E-state index in [0.29, 0.717) is 19.6 Å². The maximum atomic E-state index is 12.5. The van der Waals surface area contributed by atoms with E-state index in [1.54, 1.807) is 11.0 Å². The van der Waals surface area contributed by atoms with Crippen molar-refractivity contribution in [2.75, 3.05) is 53.9 Å². The van der Waals surface area contributed by atoms with Crippen LogP contribution < -0.4 is 0 Å². The van der Waals surface area contributed by atoms with Crippen LogP contribution in [0, 0.1) is 0 Å². The molecule has 1 unspecified atom stereocenters. The molecular formula is C20H31N3O2. The number of hydrogen-bond donors (Lipinski definition) is 1. The lowest BCUT2D eigenvalue weighted by molar-refractivity contribution is -0.134. The third-order valence-electron chi connectivity index (χ3n) is 4.58. The van der Waals surface area contributed by atoms with E-state index in [4.69, 9.17) is 0 Å². The van der Waals surface area contributed by atoms with Crippen molar-refractivity contribution in [1.29, 1.82) is 0 Å². The van der Waals surface area contributed by atoms with Crippen molar-refractivity contribution >= 4 is 12.0 Å². The minimum absolute atomic E-state index is 0.0297. The van der Waals surface area contributed by atoms with Crippen molar-refractivity contribution in [2.24, 2.45) is 0 Å². The normalized spacial score (nSPS) is 21.4. The van der Waals surface area contributed by atoms with Crippen molar-refractivity contribution in [2.45, 2.75) is 18.4 Å². The molecule has 138 valence electrons. The van der Waals surface area contributed by atoms with Crippen LogP contribution in [0.15, 0.2) is 36.4 Å². The van der Waals surface area contributed by atoms with Gasteiger partial charge in [0.2, 0.25) is 5.91 Å². The summed E-state index contributed by atoms with van der Waals surface area (Å²) >= 11 is 0. The molecule has 25 heavy (non-hydrogen) atoms. The Balaban J connectivity index is 1.90. The van der Waals surface area contributed by atoms with Gasteiger partial charge in [-0.1, -0.05) is 30.3 Å². The van der Waals surface area contributed by atoms with E-state index in [1.807, 2.05) is 57.6 Å². The highest BCUT2D eigenvalue weighted by molar-refractivity contribution is 5.91. The molecule has 0 radical (unpaired) electrons.